The van der Waals surface area contributed by atoms with Gasteiger partial charge in [0, 0.05) is 0 Å². The van der Waals surface area contributed by atoms with Crippen LogP contribution in [0.15, 0.2) is 24.3 Å². The van der Waals surface area contributed by atoms with Gasteiger partial charge in [-0.1, -0.05) is 18.2 Å². The topological polar surface area (TPSA) is 55.1 Å². The van der Waals surface area contributed by atoms with Gasteiger partial charge >= 0.3 is 0 Å². The second-order valence-electron chi connectivity index (χ2n) is 4.60. The molecule has 3 nitrogen and oxygen atoms in total. The molecule has 0 spiro atoms. The van der Waals surface area contributed by atoms with Gasteiger partial charge in [-0.2, -0.15) is 0 Å². The molecule has 0 saturated carbocycles. The van der Waals surface area contributed by atoms with Crippen LogP contribution >= 0.6 is 0 Å². The molecule has 92 valence electrons. The first-order valence-electron chi connectivity index (χ1n) is 5.93. The van der Waals surface area contributed by atoms with E-state index in [0.717, 1.165) is 18.5 Å². The molecular weight excluding hydrogens is 219 g/mol. The van der Waals surface area contributed by atoms with Gasteiger partial charge in [0.2, 0.25) is 5.91 Å². The lowest BCUT2D eigenvalue weighted by Gasteiger charge is -2.28. The van der Waals surface area contributed by atoms with Gasteiger partial charge in [-0.05, 0) is 43.4 Å². The molecule has 3 N–H and O–H groups in total. The van der Waals surface area contributed by atoms with Crippen molar-refractivity contribution < 1.29 is 9.18 Å². The molecule has 1 aliphatic rings. The smallest absolute Gasteiger partial charge is 0.234 e. The Morgan fingerprint density at radius 3 is 2.94 bits per heavy atom. The van der Waals surface area contributed by atoms with Gasteiger partial charge in [-0.25, -0.2) is 4.39 Å². The van der Waals surface area contributed by atoms with Crippen LogP contribution in [-0.2, 0) is 11.2 Å². The van der Waals surface area contributed by atoms with Crippen molar-refractivity contribution in [3.8, 4) is 0 Å². The van der Waals surface area contributed by atoms with E-state index >= 15 is 0 Å². The van der Waals surface area contributed by atoms with Crippen LogP contribution in [0.4, 0.5) is 4.39 Å². The summed E-state index contributed by atoms with van der Waals surface area (Å²) < 4.78 is 13.5. The van der Waals surface area contributed by atoms with Gasteiger partial charge in [0.1, 0.15) is 5.82 Å². The van der Waals surface area contributed by atoms with Crippen molar-refractivity contribution in [2.45, 2.75) is 25.3 Å². The predicted molar refractivity (Wildman–Crippen MR) is 63.8 cm³/mol. The van der Waals surface area contributed by atoms with Gasteiger partial charge in [0.05, 0.1) is 6.04 Å². The van der Waals surface area contributed by atoms with Crippen molar-refractivity contribution in [2.75, 3.05) is 6.54 Å². The highest BCUT2D eigenvalue weighted by atomic mass is 19.1. The lowest BCUT2D eigenvalue weighted by Crippen LogP contribution is -2.47. The number of piperidine rings is 1. The quantitative estimate of drug-likeness (QED) is 0.829. The average molecular weight is 236 g/mol. The number of carbonyl (C=O) groups excluding carboxylic acids is 1. The Balaban J connectivity index is 1.99. The second-order valence-corrected chi connectivity index (χ2v) is 4.60. The van der Waals surface area contributed by atoms with E-state index in [1.807, 2.05) is 6.07 Å². The van der Waals surface area contributed by atoms with E-state index in [-0.39, 0.29) is 17.8 Å². The van der Waals surface area contributed by atoms with E-state index in [1.165, 1.54) is 6.07 Å². The minimum atomic E-state index is -0.316. The third kappa shape index (κ3) is 3.03. The van der Waals surface area contributed by atoms with Crippen molar-refractivity contribution >= 4 is 5.91 Å². The molecule has 1 aromatic carbocycles. The highest BCUT2D eigenvalue weighted by Crippen LogP contribution is 2.22. The van der Waals surface area contributed by atoms with E-state index in [1.54, 1.807) is 12.1 Å². The van der Waals surface area contributed by atoms with E-state index in [2.05, 4.69) is 5.32 Å². The van der Waals surface area contributed by atoms with Crippen molar-refractivity contribution in [3.05, 3.63) is 35.6 Å². The zero-order valence-electron chi connectivity index (χ0n) is 9.66. The Kier molecular flexibility index (Phi) is 3.74. The fourth-order valence-electron chi connectivity index (χ4n) is 2.37. The van der Waals surface area contributed by atoms with Crippen molar-refractivity contribution in [1.82, 2.24) is 5.32 Å². The first-order chi connectivity index (χ1) is 8.16. The van der Waals surface area contributed by atoms with Gasteiger partial charge in [-0.3, -0.25) is 4.79 Å². The van der Waals surface area contributed by atoms with Crippen LogP contribution in [0.2, 0.25) is 0 Å². The Hall–Kier alpha value is -1.42. The lowest BCUT2D eigenvalue weighted by atomic mass is 9.87. The summed E-state index contributed by atoms with van der Waals surface area (Å²) >= 11 is 0. The van der Waals surface area contributed by atoms with Crippen LogP contribution in [0.25, 0.3) is 0 Å². The number of hydrogen-bond acceptors (Lipinski definition) is 2. The summed E-state index contributed by atoms with van der Waals surface area (Å²) in [6.07, 6.45) is 2.33. The highest BCUT2D eigenvalue weighted by molar-refractivity contribution is 5.79. The maximum Gasteiger partial charge on any atom is 0.234 e. The van der Waals surface area contributed by atoms with Crippen LogP contribution < -0.4 is 11.1 Å². The maximum atomic E-state index is 13.5. The third-order valence-corrected chi connectivity index (χ3v) is 3.32. The van der Waals surface area contributed by atoms with Crippen LogP contribution in [0.5, 0.6) is 0 Å². The monoisotopic (exact) mass is 236 g/mol. The Morgan fingerprint density at radius 2 is 2.24 bits per heavy atom. The molecule has 1 aromatic rings. The van der Waals surface area contributed by atoms with Crippen molar-refractivity contribution in [2.24, 2.45) is 11.7 Å². The van der Waals surface area contributed by atoms with Gasteiger partial charge in [-0.15, -0.1) is 0 Å². The Morgan fingerprint density at radius 1 is 1.47 bits per heavy atom. The number of hydrogen-bond donors (Lipinski definition) is 2. The molecule has 0 radical (unpaired) electrons. The van der Waals surface area contributed by atoms with Gasteiger partial charge in [0.25, 0.3) is 0 Å². The van der Waals surface area contributed by atoms with Crippen molar-refractivity contribution in [3.63, 3.8) is 0 Å². The number of amides is 1. The average Bonchev–Trinajstić information content (AvgIpc) is 2.32. The van der Waals surface area contributed by atoms with E-state index in [9.17, 15) is 9.18 Å². The number of halogens is 1. The van der Waals surface area contributed by atoms with Gasteiger partial charge < -0.3 is 11.1 Å². The molecule has 2 unspecified atom stereocenters. The Labute approximate surface area is 100 Å². The maximum absolute atomic E-state index is 13.5. The molecule has 1 fully saturated rings. The van der Waals surface area contributed by atoms with Crippen LogP contribution in [-0.4, -0.2) is 18.5 Å². The minimum Gasteiger partial charge on any atom is -0.368 e. The number of nitrogens with one attached hydrogen (secondary N) is 1. The molecule has 1 aliphatic heterocycles. The first-order valence-corrected chi connectivity index (χ1v) is 5.93. The number of rotatable bonds is 3. The van der Waals surface area contributed by atoms with Crippen molar-refractivity contribution in [1.29, 1.82) is 0 Å². The molecule has 0 aromatic heterocycles. The largest absolute Gasteiger partial charge is 0.368 e. The summed E-state index contributed by atoms with van der Waals surface area (Å²) in [6, 6.07) is 6.54. The van der Waals surface area contributed by atoms with E-state index < -0.39 is 0 Å². The normalized spacial score (nSPS) is 24.5. The van der Waals surface area contributed by atoms with E-state index in [4.69, 9.17) is 5.73 Å². The highest BCUT2D eigenvalue weighted by Gasteiger charge is 2.25. The summed E-state index contributed by atoms with van der Waals surface area (Å²) in [7, 11) is 0. The van der Waals surface area contributed by atoms with Gasteiger partial charge in [0.15, 0.2) is 0 Å². The van der Waals surface area contributed by atoms with Crippen LogP contribution in [0.1, 0.15) is 18.4 Å². The zero-order valence-corrected chi connectivity index (χ0v) is 9.66. The molecule has 1 amide bonds. The number of primary amides is 1. The molecule has 0 bridgehead atoms. The second kappa shape index (κ2) is 5.27. The third-order valence-electron chi connectivity index (χ3n) is 3.32. The molecule has 17 heavy (non-hydrogen) atoms. The number of benzene rings is 1. The zero-order chi connectivity index (χ0) is 12.3. The number of nitrogens with two attached hydrogens (primary N) is 1. The summed E-state index contributed by atoms with van der Waals surface area (Å²) in [4.78, 5) is 11.1. The molecule has 1 saturated heterocycles. The molecule has 2 atom stereocenters. The minimum absolute atomic E-state index is 0.165. The van der Waals surface area contributed by atoms with Crippen LogP contribution in [0, 0.1) is 11.7 Å². The fraction of sp³-hybridized carbons (Fsp3) is 0.462. The lowest BCUT2D eigenvalue weighted by molar-refractivity contribution is -0.120. The molecule has 2 rings (SSSR count). The molecule has 4 heteroatoms. The summed E-state index contributed by atoms with van der Waals surface area (Å²) in [5.74, 6) is -0.157. The summed E-state index contributed by atoms with van der Waals surface area (Å²) in [5.41, 5.74) is 6.00. The fourth-order valence-corrected chi connectivity index (χ4v) is 2.37. The molecule has 0 aliphatic carbocycles. The van der Waals surface area contributed by atoms with Crippen LogP contribution in [0.3, 0.4) is 0 Å². The first kappa shape index (κ1) is 12.0. The number of carbonyl (C=O) groups is 1. The summed E-state index contributed by atoms with van der Waals surface area (Å²) in [5, 5.41) is 3.08. The predicted octanol–water partition coefficient (Wildman–Crippen LogP) is 1.22. The standard InChI is InChI=1S/C13H17FN2O/c14-11-4-2-1-3-10(11)7-9-5-6-16-12(8-9)13(15)17/h1-4,9,12,16H,5-8H2,(H2,15,17). The van der Waals surface area contributed by atoms with E-state index in [0.29, 0.717) is 18.8 Å². The Bertz CT molecular complexity index is 408. The SMILES string of the molecule is NC(=O)C1CC(Cc2ccccc2F)CCN1. The summed E-state index contributed by atoms with van der Waals surface area (Å²) in [6.45, 7) is 0.771. The molecule has 1 heterocycles. The molecular formula is C13H17FN2O.